The summed E-state index contributed by atoms with van der Waals surface area (Å²) in [4.78, 5) is 1.91. The van der Waals surface area contributed by atoms with E-state index in [1.807, 2.05) is 18.2 Å². The maximum Gasteiger partial charge on any atom is 0.341 e. The zero-order valence-electron chi connectivity index (χ0n) is 13.9. The third kappa shape index (κ3) is 4.17. The zero-order chi connectivity index (χ0) is 18.7. The van der Waals surface area contributed by atoms with Gasteiger partial charge in [-0.3, -0.25) is 0 Å². The highest BCUT2D eigenvalue weighted by Crippen LogP contribution is 2.29. The Morgan fingerprint density at radius 1 is 1.19 bits per heavy atom. The smallest absolute Gasteiger partial charge is 0.341 e. The Kier molecular flexibility index (Phi) is 5.82. The minimum Gasteiger partial charge on any atom is -0.384 e. The van der Waals surface area contributed by atoms with E-state index in [2.05, 4.69) is 32.2 Å². The lowest BCUT2D eigenvalue weighted by atomic mass is 10.1. The molecule has 0 aromatic heterocycles. The number of alkyl halides is 2. The molecule has 8 heteroatoms. The van der Waals surface area contributed by atoms with Gasteiger partial charge in [0.25, 0.3) is 0 Å². The molecule has 26 heavy (non-hydrogen) atoms. The SMILES string of the molecule is O=S(=O)(c1ccccc1NCC1CCN(c2cccc(Br)c2)C1)C(F)F. The van der Waals surface area contributed by atoms with Crippen LogP contribution in [0.4, 0.5) is 20.2 Å². The van der Waals surface area contributed by atoms with Gasteiger partial charge in [-0.1, -0.05) is 34.1 Å². The number of rotatable bonds is 6. The van der Waals surface area contributed by atoms with Crippen molar-refractivity contribution in [1.82, 2.24) is 0 Å². The van der Waals surface area contributed by atoms with Crippen LogP contribution in [0.5, 0.6) is 0 Å². The zero-order valence-corrected chi connectivity index (χ0v) is 16.3. The van der Waals surface area contributed by atoms with Gasteiger partial charge in [0.1, 0.15) is 0 Å². The standard InChI is InChI=1S/C18H19BrF2N2O2S/c19-14-4-3-5-15(10-14)23-9-8-13(12-23)11-22-16-6-1-2-7-17(16)26(24,25)18(20)21/h1-7,10,13,18,22H,8-9,11-12H2. The lowest BCUT2D eigenvalue weighted by Crippen LogP contribution is -2.23. The maximum absolute atomic E-state index is 12.9. The van der Waals surface area contributed by atoms with Gasteiger partial charge in [-0.15, -0.1) is 0 Å². The van der Waals surface area contributed by atoms with Crippen LogP contribution in [0.1, 0.15) is 6.42 Å². The minimum absolute atomic E-state index is 0.230. The van der Waals surface area contributed by atoms with Gasteiger partial charge in [0.05, 0.1) is 10.6 Å². The van der Waals surface area contributed by atoms with Crippen LogP contribution < -0.4 is 10.2 Å². The molecule has 2 aromatic rings. The molecule has 1 atom stereocenters. The number of sulfone groups is 1. The summed E-state index contributed by atoms with van der Waals surface area (Å²) in [5.41, 5.74) is 1.36. The van der Waals surface area contributed by atoms with Crippen LogP contribution in [0.2, 0.25) is 0 Å². The Labute approximate surface area is 160 Å². The molecule has 4 nitrogen and oxygen atoms in total. The van der Waals surface area contributed by atoms with Crippen molar-refractivity contribution in [3.05, 3.63) is 53.0 Å². The molecule has 1 aliphatic heterocycles. The lowest BCUT2D eigenvalue weighted by molar-refractivity contribution is 0.235. The molecule has 0 spiro atoms. The molecule has 140 valence electrons. The molecule has 1 fully saturated rings. The molecule has 1 heterocycles. The summed E-state index contributed by atoms with van der Waals surface area (Å²) in [6.45, 7) is 2.26. The van der Waals surface area contributed by atoms with Crippen molar-refractivity contribution in [3.8, 4) is 0 Å². The average Bonchev–Trinajstić information content (AvgIpc) is 3.09. The average molecular weight is 445 g/mol. The molecule has 0 radical (unpaired) electrons. The normalized spacial score (nSPS) is 17.7. The van der Waals surface area contributed by atoms with E-state index in [-0.39, 0.29) is 10.6 Å². The summed E-state index contributed by atoms with van der Waals surface area (Å²) in [5, 5.41) is 3.05. The van der Waals surface area contributed by atoms with Crippen molar-refractivity contribution >= 4 is 37.1 Å². The van der Waals surface area contributed by atoms with Crippen LogP contribution in [-0.4, -0.2) is 33.8 Å². The number of hydrogen-bond donors (Lipinski definition) is 1. The fourth-order valence-corrected chi connectivity index (χ4v) is 4.41. The number of benzene rings is 2. The Morgan fingerprint density at radius 3 is 2.69 bits per heavy atom. The Balaban J connectivity index is 1.66. The van der Waals surface area contributed by atoms with E-state index in [4.69, 9.17) is 0 Å². The van der Waals surface area contributed by atoms with Gasteiger partial charge in [0, 0.05) is 29.8 Å². The molecule has 1 saturated heterocycles. The van der Waals surface area contributed by atoms with Gasteiger partial charge < -0.3 is 10.2 Å². The monoisotopic (exact) mass is 444 g/mol. The third-order valence-electron chi connectivity index (χ3n) is 4.47. The van der Waals surface area contributed by atoms with Crippen LogP contribution in [-0.2, 0) is 9.84 Å². The van der Waals surface area contributed by atoms with Crippen molar-refractivity contribution in [1.29, 1.82) is 0 Å². The molecule has 3 rings (SSSR count). The van der Waals surface area contributed by atoms with E-state index in [1.54, 1.807) is 6.07 Å². The topological polar surface area (TPSA) is 49.4 Å². The van der Waals surface area contributed by atoms with Crippen LogP contribution in [0.15, 0.2) is 57.9 Å². The lowest BCUT2D eigenvalue weighted by Gasteiger charge is -2.19. The number of halogens is 3. The van der Waals surface area contributed by atoms with Crippen molar-refractivity contribution in [2.45, 2.75) is 17.1 Å². The minimum atomic E-state index is -4.62. The molecule has 1 N–H and O–H groups in total. The molecule has 1 aliphatic rings. The van der Waals surface area contributed by atoms with Crippen LogP contribution >= 0.6 is 15.9 Å². The van der Waals surface area contributed by atoms with Gasteiger partial charge in [-0.2, -0.15) is 8.78 Å². The second-order valence-electron chi connectivity index (χ2n) is 6.26. The Morgan fingerprint density at radius 2 is 1.96 bits per heavy atom. The van der Waals surface area contributed by atoms with Gasteiger partial charge in [0.15, 0.2) is 0 Å². The predicted octanol–water partition coefficient (Wildman–Crippen LogP) is 4.38. The maximum atomic E-state index is 12.9. The molecule has 0 saturated carbocycles. The van der Waals surface area contributed by atoms with Crippen LogP contribution in [0.3, 0.4) is 0 Å². The first-order valence-corrected chi connectivity index (χ1v) is 10.6. The number of anilines is 2. The summed E-state index contributed by atoms with van der Waals surface area (Å²) in [6, 6.07) is 13.9. The summed E-state index contributed by atoms with van der Waals surface area (Å²) in [6.07, 6.45) is 0.948. The number of nitrogens with zero attached hydrogens (tertiary/aromatic N) is 1. The summed E-state index contributed by atoms with van der Waals surface area (Å²) < 4.78 is 50.4. The van der Waals surface area contributed by atoms with Gasteiger partial charge in [-0.05, 0) is 42.7 Å². The molecule has 1 unspecified atom stereocenters. The molecule has 2 aromatic carbocycles. The fraction of sp³-hybridized carbons (Fsp3) is 0.333. The van der Waals surface area contributed by atoms with Gasteiger partial charge >= 0.3 is 5.76 Å². The molecule has 0 amide bonds. The summed E-state index contributed by atoms with van der Waals surface area (Å²) in [5.74, 6) is -3.12. The molecule has 0 bridgehead atoms. The van der Waals surface area contributed by atoms with Crippen molar-refractivity contribution < 1.29 is 17.2 Å². The van der Waals surface area contributed by atoms with Crippen LogP contribution in [0, 0.1) is 5.92 Å². The van der Waals surface area contributed by atoms with E-state index in [9.17, 15) is 17.2 Å². The summed E-state index contributed by atoms with van der Waals surface area (Å²) in [7, 11) is -4.62. The highest BCUT2D eigenvalue weighted by Gasteiger charge is 2.29. The largest absolute Gasteiger partial charge is 0.384 e. The molecular weight excluding hydrogens is 426 g/mol. The van der Waals surface area contributed by atoms with E-state index in [0.29, 0.717) is 12.5 Å². The van der Waals surface area contributed by atoms with E-state index < -0.39 is 15.6 Å². The van der Waals surface area contributed by atoms with Gasteiger partial charge in [-0.25, -0.2) is 8.42 Å². The van der Waals surface area contributed by atoms with E-state index in [1.165, 1.54) is 18.2 Å². The van der Waals surface area contributed by atoms with Crippen molar-refractivity contribution in [3.63, 3.8) is 0 Å². The first kappa shape index (κ1) is 19.1. The summed E-state index contributed by atoms with van der Waals surface area (Å²) >= 11 is 3.47. The highest BCUT2D eigenvalue weighted by atomic mass is 79.9. The Bertz CT molecular complexity index is 877. The second-order valence-corrected chi connectivity index (χ2v) is 9.07. The predicted molar refractivity (Wildman–Crippen MR) is 103 cm³/mol. The van der Waals surface area contributed by atoms with Crippen LogP contribution in [0.25, 0.3) is 0 Å². The highest BCUT2D eigenvalue weighted by molar-refractivity contribution is 9.10. The first-order chi connectivity index (χ1) is 12.4. The number of hydrogen-bond acceptors (Lipinski definition) is 4. The molecule has 0 aliphatic carbocycles. The van der Waals surface area contributed by atoms with Gasteiger partial charge in [0.2, 0.25) is 9.84 Å². The number of para-hydroxylation sites is 1. The fourth-order valence-electron chi connectivity index (χ4n) is 3.12. The van der Waals surface area contributed by atoms with Crippen molar-refractivity contribution in [2.24, 2.45) is 5.92 Å². The Hall–Kier alpha value is -1.67. The first-order valence-electron chi connectivity index (χ1n) is 8.23. The van der Waals surface area contributed by atoms with Crippen molar-refractivity contribution in [2.75, 3.05) is 29.9 Å². The quantitative estimate of drug-likeness (QED) is 0.717. The van der Waals surface area contributed by atoms with E-state index >= 15 is 0 Å². The number of nitrogens with one attached hydrogen (secondary N) is 1. The third-order valence-corrected chi connectivity index (χ3v) is 6.40. The second kappa shape index (κ2) is 7.92. The molecular formula is C18H19BrF2N2O2S. The van der Waals surface area contributed by atoms with E-state index in [0.717, 1.165) is 29.7 Å².